The minimum atomic E-state index is 0.0392. The van der Waals surface area contributed by atoms with Crippen LogP contribution in [-0.4, -0.2) is 37.0 Å². The van der Waals surface area contributed by atoms with Crippen LogP contribution in [0.4, 0.5) is 0 Å². The number of hydrogen-bond acceptors (Lipinski definition) is 3. The molecule has 4 heteroatoms. The maximum absolute atomic E-state index is 12.8. The van der Waals surface area contributed by atoms with Crippen LogP contribution < -0.4 is 5.32 Å². The van der Waals surface area contributed by atoms with E-state index < -0.39 is 0 Å². The fourth-order valence-corrected chi connectivity index (χ4v) is 3.97. The number of furan rings is 1. The summed E-state index contributed by atoms with van der Waals surface area (Å²) in [4.78, 5) is 14.7. The van der Waals surface area contributed by atoms with Crippen LogP contribution in [0.5, 0.6) is 0 Å². The maximum atomic E-state index is 12.8. The number of carbonyl (C=O) groups excluding carboxylic acids is 1. The third kappa shape index (κ3) is 2.55. The average Bonchev–Trinajstić information content (AvgIpc) is 3.15. The Labute approximate surface area is 136 Å². The molecule has 2 fully saturated rings. The molecule has 0 aliphatic carbocycles. The molecule has 2 aliphatic heterocycles. The lowest BCUT2D eigenvalue weighted by Crippen LogP contribution is -2.43. The highest BCUT2D eigenvalue weighted by molar-refractivity contribution is 5.96. The minimum absolute atomic E-state index is 0.0392. The molecule has 0 saturated carbocycles. The maximum Gasteiger partial charge on any atom is 0.289 e. The summed E-state index contributed by atoms with van der Waals surface area (Å²) in [5.74, 6) is 0.516. The number of likely N-dealkylation sites (tertiary alicyclic amines) is 1. The molecule has 1 aromatic carbocycles. The molecular formula is C19H24N2O2. The van der Waals surface area contributed by atoms with Crippen LogP contribution in [0.25, 0.3) is 11.0 Å². The minimum Gasteiger partial charge on any atom is -0.451 e. The van der Waals surface area contributed by atoms with Gasteiger partial charge in [-0.2, -0.15) is 0 Å². The lowest BCUT2D eigenvalue weighted by atomic mass is 9.78. The number of hydrogen-bond donors (Lipinski definition) is 1. The van der Waals surface area contributed by atoms with Crippen molar-refractivity contribution in [2.75, 3.05) is 26.2 Å². The highest BCUT2D eigenvalue weighted by Gasteiger charge is 2.38. The van der Waals surface area contributed by atoms with Gasteiger partial charge in [0, 0.05) is 25.0 Å². The largest absolute Gasteiger partial charge is 0.451 e. The van der Waals surface area contributed by atoms with E-state index in [0.29, 0.717) is 11.2 Å². The molecule has 0 radical (unpaired) electrons. The summed E-state index contributed by atoms with van der Waals surface area (Å²) < 4.78 is 5.83. The van der Waals surface area contributed by atoms with Crippen LogP contribution in [0.2, 0.25) is 0 Å². The first-order valence-electron chi connectivity index (χ1n) is 8.57. The van der Waals surface area contributed by atoms with Gasteiger partial charge in [-0.05, 0) is 74.4 Å². The third-order valence-electron chi connectivity index (χ3n) is 5.79. The van der Waals surface area contributed by atoms with Crippen LogP contribution in [0.3, 0.4) is 0 Å². The van der Waals surface area contributed by atoms with Gasteiger partial charge in [0.2, 0.25) is 0 Å². The van der Waals surface area contributed by atoms with Crippen LogP contribution >= 0.6 is 0 Å². The van der Waals surface area contributed by atoms with Crippen LogP contribution in [-0.2, 0) is 0 Å². The molecule has 2 aromatic rings. The zero-order chi connectivity index (χ0) is 16.0. The molecule has 2 saturated heterocycles. The summed E-state index contributed by atoms with van der Waals surface area (Å²) in [6.45, 7) is 8.07. The molecule has 4 rings (SSSR count). The number of rotatable bonds is 1. The van der Waals surface area contributed by atoms with Gasteiger partial charge in [0.05, 0.1) is 0 Å². The van der Waals surface area contributed by atoms with Gasteiger partial charge < -0.3 is 14.6 Å². The molecule has 0 unspecified atom stereocenters. The van der Waals surface area contributed by atoms with Crippen molar-refractivity contribution in [1.82, 2.24) is 10.2 Å². The number of nitrogens with zero attached hydrogens (tertiary/aromatic N) is 1. The van der Waals surface area contributed by atoms with E-state index in [1.807, 2.05) is 17.0 Å². The number of fused-ring (bicyclic) bond motifs is 1. The van der Waals surface area contributed by atoms with Gasteiger partial charge in [0.25, 0.3) is 5.91 Å². The fraction of sp³-hybridized carbons (Fsp3) is 0.526. The van der Waals surface area contributed by atoms with Gasteiger partial charge >= 0.3 is 0 Å². The van der Waals surface area contributed by atoms with E-state index in [2.05, 4.69) is 25.2 Å². The molecule has 122 valence electrons. The Kier molecular flexibility index (Phi) is 3.45. The molecule has 23 heavy (non-hydrogen) atoms. The summed E-state index contributed by atoms with van der Waals surface area (Å²) in [5.41, 5.74) is 3.66. The first kappa shape index (κ1) is 14.8. The monoisotopic (exact) mass is 312 g/mol. The van der Waals surface area contributed by atoms with Crippen molar-refractivity contribution >= 4 is 16.9 Å². The second-order valence-corrected chi connectivity index (χ2v) is 7.30. The first-order chi connectivity index (χ1) is 11.1. The van der Waals surface area contributed by atoms with E-state index in [0.717, 1.165) is 50.0 Å². The van der Waals surface area contributed by atoms with Crippen LogP contribution in [0, 0.1) is 19.3 Å². The number of benzene rings is 1. The number of amides is 1. The summed E-state index contributed by atoms with van der Waals surface area (Å²) in [6.07, 6.45) is 3.45. The van der Waals surface area contributed by atoms with E-state index in [-0.39, 0.29) is 5.91 Å². The van der Waals surface area contributed by atoms with Crippen molar-refractivity contribution in [3.63, 3.8) is 0 Å². The molecule has 1 N–H and O–H groups in total. The number of nitrogens with one attached hydrogen (secondary N) is 1. The lowest BCUT2D eigenvalue weighted by molar-refractivity contribution is 0.0579. The predicted molar refractivity (Wildman–Crippen MR) is 90.7 cm³/mol. The van der Waals surface area contributed by atoms with Crippen LogP contribution in [0.1, 0.15) is 40.9 Å². The molecule has 0 atom stereocenters. The van der Waals surface area contributed by atoms with Gasteiger partial charge in [0.15, 0.2) is 5.76 Å². The van der Waals surface area contributed by atoms with Crippen molar-refractivity contribution in [3.05, 3.63) is 35.1 Å². The van der Waals surface area contributed by atoms with E-state index in [1.54, 1.807) is 0 Å². The third-order valence-corrected chi connectivity index (χ3v) is 5.79. The molecule has 1 spiro atoms. The fourth-order valence-electron chi connectivity index (χ4n) is 3.97. The SMILES string of the molecule is Cc1cc2cc(C(=O)N3CCC4(CCNC4)CC3)oc2cc1C. The summed E-state index contributed by atoms with van der Waals surface area (Å²) in [6, 6.07) is 6.02. The molecular weight excluding hydrogens is 288 g/mol. The van der Waals surface area contributed by atoms with Gasteiger partial charge in [-0.3, -0.25) is 4.79 Å². The van der Waals surface area contributed by atoms with Crippen molar-refractivity contribution < 1.29 is 9.21 Å². The van der Waals surface area contributed by atoms with Crippen molar-refractivity contribution in [2.24, 2.45) is 5.41 Å². The molecule has 4 nitrogen and oxygen atoms in total. The molecule has 3 heterocycles. The average molecular weight is 312 g/mol. The Morgan fingerprint density at radius 1 is 1.13 bits per heavy atom. The molecule has 2 aliphatic rings. The second-order valence-electron chi connectivity index (χ2n) is 7.30. The smallest absolute Gasteiger partial charge is 0.289 e. The van der Waals surface area contributed by atoms with Crippen molar-refractivity contribution in [2.45, 2.75) is 33.1 Å². The van der Waals surface area contributed by atoms with Crippen LogP contribution in [0.15, 0.2) is 22.6 Å². The number of piperidine rings is 1. The van der Waals surface area contributed by atoms with E-state index >= 15 is 0 Å². The molecule has 1 amide bonds. The van der Waals surface area contributed by atoms with Gasteiger partial charge in [-0.1, -0.05) is 0 Å². The Balaban J connectivity index is 1.53. The Hall–Kier alpha value is -1.81. The van der Waals surface area contributed by atoms with Gasteiger partial charge in [-0.15, -0.1) is 0 Å². The summed E-state index contributed by atoms with van der Waals surface area (Å²) >= 11 is 0. The van der Waals surface area contributed by atoms with Crippen molar-refractivity contribution in [3.8, 4) is 0 Å². The predicted octanol–water partition coefficient (Wildman–Crippen LogP) is 3.27. The second kappa shape index (κ2) is 5.38. The quantitative estimate of drug-likeness (QED) is 0.879. The molecule has 1 aromatic heterocycles. The van der Waals surface area contributed by atoms with E-state index in [9.17, 15) is 4.79 Å². The van der Waals surface area contributed by atoms with Gasteiger partial charge in [-0.25, -0.2) is 0 Å². The van der Waals surface area contributed by atoms with E-state index in [1.165, 1.54) is 17.5 Å². The lowest BCUT2D eigenvalue weighted by Gasteiger charge is -2.38. The Bertz CT molecular complexity index is 707. The number of carbonyl (C=O) groups is 1. The zero-order valence-corrected chi connectivity index (χ0v) is 13.9. The molecule has 0 bridgehead atoms. The highest BCUT2D eigenvalue weighted by atomic mass is 16.3. The van der Waals surface area contributed by atoms with E-state index in [4.69, 9.17) is 4.42 Å². The Morgan fingerprint density at radius 3 is 2.57 bits per heavy atom. The summed E-state index contributed by atoms with van der Waals surface area (Å²) in [5, 5.41) is 4.48. The Morgan fingerprint density at radius 2 is 1.87 bits per heavy atom. The standard InChI is InChI=1S/C19H24N2O2/c1-13-9-15-11-17(23-16(15)10-14(13)2)18(22)21-7-4-19(5-8-21)3-6-20-12-19/h9-11,20H,3-8,12H2,1-2H3. The normalized spacial score (nSPS) is 20.5. The topological polar surface area (TPSA) is 45.5 Å². The summed E-state index contributed by atoms with van der Waals surface area (Å²) in [7, 11) is 0. The first-order valence-corrected chi connectivity index (χ1v) is 8.57. The van der Waals surface area contributed by atoms with Gasteiger partial charge in [0.1, 0.15) is 5.58 Å². The number of aryl methyl sites for hydroxylation is 2. The zero-order valence-electron chi connectivity index (χ0n) is 13.9. The highest BCUT2D eigenvalue weighted by Crippen LogP contribution is 2.37. The van der Waals surface area contributed by atoms with Crippen molar-refractivity contribution in [1.29, 1.82) is 0 Å².